The third-order valence-corrected chi connectivity index (χ3v) is 7.78. The van der Waals surface area contributed by atoms with Gasteiger partial charge in [-0.25, -0.2) is 13.4 Å². The van der Waals surface area contributed by atoms with Gasteiger partial charge in [0.25, 0.3) is 5.69 Å². The zero-order valence-corrected chi connectivity index (χ0v) is 17.8. The SMILES string of the molecule is COc1ccc(Nc2nc3ccc([N+](=O)[O-])cc3s2)cc1S(=O)(=O)N1CCCCC1. The Morgan fingerprint density at radius 3 is 2.63 bits per heavy atom. The van der Waals surface area contributed by atoms with Gasteiger partial charge in [0.05, 0.1) is 22.2 Å². The van der Waals surface area contributed by atoms with Crippen molar-refractivity contribution >= 4 is 48.1 Å². The number of nitrogens with one attached hydrogen (secondary N) is 1. The average molecular weight is 449 g/mol. The number of aromatic nitrogens is 1. The second kappa shape index (κ2) is 8.17. The van der Waals surface area contributed by atoms with Crippen LogP contribution in [-0.2, 0) is 10.0 Å². The third kappa shape index (κ3) is 3.95. The van der Waals surface area contributed by atoms with Crippen LogP contribution in [0.5, 0.6) is 5.75 Å². The lowest BCUT2D eigenvalue weighted by Gasteiger charge is -2.26. The van der Waals surface area contributed by atoms with Crippen LogP contribution in [0.3, 0.4) is 0 Å². The third-order valence-electron chi connectivity index (χ3n) is 4.93. The molecule has 30 heavy (non-hydrogen) atoms. The molecular formula is C19H20N4O5S2. The molecule has 9 nitrogen and oxygen atoms in total. The largest absolute Gasteiger partial charge is 0.495 e. The maximum absolute atomic E-state index is 13.2. The number of hydrogen-bond donors (Lipinski definition) is 1. The summed E-state index contributed by atoms with van der Waals surface area (Å²) in [6.45, 7) is 1.000. The molecule has 0 amide bonds. The van der Waals surface area contributed by atoms with Crippen LogP contribution in [0, 0.1) is 10.1 Å². The Morgan fingerprint density at radius 2 is 1.93 bits per heavy atom. The Bertz CT molecular complexity index is 1200. The average Bonchev–Trinajstić information content (AvgIpc) is 3.15. The number of thiazole rings is 1. The number of methoxy groups -OCH3 is 1. The van der Waals surface area contributed by atoms with Crippen LogP contribution >= 0.6 is 11.3 Å². The Morgan fingerprint density at radius 1 is 1.17 bits per heavy atom. The van der Waals surface area contributed by atoms with Crippen LogP contribution < -0.4 is 10.1 Å². The van der Waals surface area contributed by atoms with E-state index in [9.17, 15) is 18.5 Å². The summed E-state index contributed by atoms with van der Waals surface area (Å²) in [5, 5.41) is 14.6. The molecular weight excluding hydrogens is 428 g/mol. The van der Waals surface area contributed by atoms with Crippen LogP contribution in [0.25, 0.3) is 10.2 Å². The number of sulfonamides is 1. The number of non-ortho nitro benzene ring substituents is 1. The molecule has 0 atom stereocenters. The summed E-state index contributed by atoms with van der Waals surface area (Å²) in [5.41, 5.74) is 1.17. The van der Waals surface area contributed by atoms with Gasteiger partial charge in [-0.05, 0) is 37.1 Å². The molecule has 158 valence electrons. The first-order valence-corrected chi connectivity index (χ1v) is 11.6. The minimum absolute atomic E-state index is 0.00272. The minimum Gasteiger partial charge on any atom is -0.495 e. The van der Waals surface area contributed by atoms with E-state index in [4.69, 9.17) is 4.74 Å². The number of rotatable bonds is 6. The van der Waals surface area contributed by atoms with Crippen molar-refractivity contribution < 1.29 is 18.1 Å². The molecule has 0 unspecified atom stereocenters. The van der Waals surface area contributed by atoms with Crippen molar-refractivity contribution in [3.05, 3.63) is 46.5 Å². The summed E-state index contributed by atoms with van der Waals surface area (Å²) in [6, 6.07) is 9.33. The van der Waals surface area contributed by atoms with Gasteiger partial charge in [0.15, 0.2) is 5.13 Å². The summed E-state index contributed by atoms with van der Waals surface area (Å²) < 4.78 is 33.8. The van der Waals surface area contributed by atoms with Gasteiger partial charge in [-0.2, -0.15) is 4.31 Å². The number of piperidine rings is 1. The highest BCUT2D eigenvalue weighted by Crippen LogP contribution is 2.34. The molecule has 11 heteroatoms. The summed E-state index contributed by atoms with van der Waals surface area (Å²) in [7, 11) is -2.24. The lowest BCUT2D eigenvalue weighted by Crippen LogP contribution is -2.35. The number of ether oxygens (including phenoxy) is 1. The number of nitro benzene ring substituents is 1. The Labute approximate surface area is 177 Å². The van der Waals surface area contributed by atoms with Gasteiger partial charge < -0.3 is 10.1 Å². The molecule has 0 bridgehead atoms. The number of nitro groups is 1. The number of anilines is 2. The standard InChI is InChI=1S/C19H20N4O5S2/c1-28-16-8-5-13(11-18(16)30(26,27)22-9-3-2-4-10-22)20-19-21-15-7-6-14(23(24)25)12-17(15)29-19/h5-8,11-12H,2-4,9-10H2,1H3,(H,20,21). The first-order valence-electron chi connectivity index (χ1n) is 9.39. The van der Waals surface area contributed by atoms with Gasteiger partial charge in [-0.1, -0.05) is 17.8 Å². The maximum atomic E-state index is 13.2. The zero-order valence-electron chi connectivity index (χ0n) is 16.2. The van der Waals surface area contributed by atoms with Crippen LogP contribution in [0.2, 0.25) is 0 Å². The van der Waals surface area contributed by atoms with E-state index in [1.54, 1.807) is 18.2 Å². The van der Waals surface area contributed by atoms with Crippen molar-refractivity contribution in [2.45, 2.75) is 24.2 Å². The predicted molar refractivity (Wildman–Crippen MR) is 115 cm³/mol. The van der Waals surface area contributed by atoms with Gasteiger partial charge in [0.1, 0.15) is 10.6 Å². The summed E-state index contributed by atoms with van der Waals surface area (Å²) in [6.07, 6.45) is 2.72. The summed E-state index contributed by atoms with van der Waals surface area (Å²) >= 11 is 1.26. The second-order valence-electron chi connectivity index (χ2n) is 6.88. The molecule has 0 aliphatic carbocycles. The topological polar surface area (TPSA) is 115 Å². The van der Waals surface area contributed by atoms with Gasteiger partial charge in [0, 0.05) is 30.9 Å². The second-order valence-corrected chi connectivity index (χ2v) is 9.82. The fourth-order valence-electron chi connectivity index (χ4n) is 3.40. The van der Waals surface area contributed by atoms with Crippen LogP contribution in [0.1, 0.15) is 19.3 Å². The Balaban J connectivity index is 1.66. The smallest absolute Gasteiger partial charge is 0.270 e. The number of fused-ring (bicyclic) bond motifs is 1. The zero-order chi connectivity index (χ0) is 21.3. The van der Waals surface area contributed by atoms with Crippen molar-refractivity contribution in [2.24, 2.45) is 0 Å². The van der Waals surface area contributed by atoms with Crippen LogP contribution in [0.15, 0.2) is 41.3 Å². The van der Waals surface area contributed by atoms with E-state index in [2.05, 4.69) is 10.3 Å². The van der Waals surface area contributed by atoms with Crippen molar-refractivity contribution in [3.8, 4) is 5.75 Å². The highest BCUT2D eigenvalue weighted by Gasteiger charge is 2.29. The van der Waals surface area contributed by atoms with E-state index in [-0.39, 0.29) is 16.3 Å². The molecule has 0 radical (unpaired) electrons. The van der Waals surface area contributed by atoms with Crippen molar-refractivity contribution in [1.29, 1.82) is 0 Å². The van der Waals surface area contributed by atoms with E-state index >= 15 is 0 Å². The molecule has 1 fully saturated rings. The Kier molecular flexibility index (Phi) is 5.58. The molecule has 4 rings (SSSR count). The first-order chi connectivity index (χ1) is 14.4. The van der Waals surface area contributed by atoms with E-state index < -0.39 is 14.9 Å². The molecule has 1 aliphatic rings. The lowest BCUT2D eigenvalue weighted by atomic mass is 10.2. The monoisotopic (exact) mass is 448 g/mol. The van der Waals surface area contributed by atoms with Crippen LogP contribution in [-0.4, -0.2) is 42.8 Å². The first kappa shape index (κ1) is 20.5. The summed E-state index contributed by atoms with van der Waals surface area (Å²) in [5.74, 6) is 0.283. The maximum Gasteiger partial charge on any atom is 0.270 e. The molecule has 2 heterocycles. The predicted octanol–water partition coefficient (Wildman–Crippen LogP) is 4.13. The fraction of sp³-hybridized carbons (Fsp3) is 0.316. The van der Waals surface area contributed by atoms with Gasteiger partial charge in [-0.3, -0.25) is 10.1 Å². The number of nitrogens with zero attached hydrogens (tertiary/aromatic N) is 3. The van der Waals surface area contributed by atoms with Crippen molar-refractivity contribution in [1.82, 2.24) is 9.29 Å². The molecule has 1 N–H and O–H groups in total. The molecule has 2 aromatic carbocycles. The number of hydrogen-bond acceptors (Lipinski definition) is 8. The van der Waals surface area contributed by atoms with Gasteiger partial charge in [-0.15, -0.1) is 0 Å². The van der Waals surface area contributed by atoms with Crippen molar-refractivity contribution in [3.63, 3.8) is 0 Å². The summed E-state index contributed by atoms with van der Waals surface area (Å²) in [4.78, 5) is 15.0. The normalized spacial score (nSPS) is 15.2. The van der Waals surface area contributed by atoms with E-state index in [1.165, 1.54) is 41.0 Å². The Hall–Kier alpha value is -2.76. The van der Waals surface area contributed by atoms with E-state index in [1.807, 2.05) is 0 Å². The molecule has 1 aliphatic heterocycles. The highest BCUT2D eigenvalue weighted by molar-refractivity contribution is 7.89. The fourth-order valence-corrected chi connectivity index (χ4v) is 6.02. The number of benzene rings is 2. The van der Waals surface area contributed by atoms with Crippen LogP contribution in [0.4, 0.5) is 16.5 Å². The highest BCUT2D eigenvalue weighted by atomic mass is 32.2. The van der Waals surface area contributed by atoms with E-state index in [0.29, 0.717) is 34.1 Å². The molecule has 0 saturated carbocycles. The van der Waals surface area contributed by atoms with Gasteiger partial charge in [0.2, 0.25) is 10.0 Å². The van der Waals surface area contributed by atoms with Gasteiger partial charge >= 0.3 is 0 Å². The molecule has 1 aromatic heterocycles. The molecule has 1 saturated heterocycles. The van der Waals surface area contributed by atoms with Crippen molar-refractivity contribution in [2.75, 3.05) is 25.5 Å². The quantitative estimate of drug-likeness (QED) is 0.445. The molecule has 3 aromatic rings. The molecule has 0 spiro atoms. The lowest BCUT2D eigenvalue weighted by molar-refractivity contribution is -0.384. The minimum atomic E-state index is -3.68. The van der Waals surface area contributed by atoms with E-state index in [0.717, 1.165) is 19.3 Å².